The SMILES string of the molecule is CN=C(NCCCN1CCCC1C(=O)N(C)C)NCc1ccc(CN2CCCCC2)cc1. The summed E-state index contributed by atoms with van der Waals surface area (Å²) < 4.78 is 0. The summed E-state index contributed by atoms with van der Waals surface area (Å²) in [6.07, 6.45) is 7.12. The number of nitrogens with one attached hydrogen (secondary N) is 2. The number of hydrogen-bond donors (Lipinski definition) is 2. The van der Waals surface area contributed by atoms with Gasteiger partial charge in [0.2, 0.25) is 5.91 Å². The third kappa shape index (κ3) is 7.48. The molecule has 1 atom stereocenters. The number of likely N-dealkylation sites (N-methyl/N-ethyl adjacent to an activating group) is 1. The van der Waals surface area contributed by atoms with Gasteiger partial charge in [-0.05, 0) is 62.9 Å². The first-order valence-corrected chi connectivity index (χ1v) is 12.3. The lowest BCUT2D eigenvalue weighted by Crippen LogP contribution is -2.44. The van der Waals surface area contributed by atoms with Crippen LogP contribution in [0, 0.1) is 0 Å². The van der Waals surface area contributed by atoms with Crippen molar-refractivity contribution in [2.45, 2.75) is 57.7 Å². The van der Waals surface area contributed by atoms with Gasteiger partial charge < -0.3 is 15.5 Å². The monoisotopic (exact) mass is 442 g/mol. The van der Waals surface area contributed by atoms with E-state index >= 15 is 0 Å². The van der Waals surface area contributed by atoms with E-state index < -0.39 is 0 Å². The van der Waals surface area contributed by atoms with Crippen molar-refractivity contribution in [3.63, 3.8) is 0 Å². The van der Waals surface area contributed by atoms with E-state index in [0.717, 1.165) is 57.9 Å². The van der Waals surface area contributed by atoms with Crippen molar-refractivity contribution in [1.29, 1.82) is 0 Å². The second-order valence-electron chi connectivity index (χ2n) is 9.29. The van der Waals surface area contributed by atoms with Gasteiger partial charge in [-0.25, -0.2) is 0 Å². The van der Waals surface area contributed by atoms with E-state index in [9.17, 15) is 4.79 Å². The Hall–Kier alpha value is -2.12. The molecule has 32 heavy (non-hydrogen) atoms. The van der Waals surface area contributed by atoms with Crippen molar-refractivity contribution >= 4 is 11.9 Å². The number of carbonyl (C=O) groups is 1. The molecular formula is C25H42N6O. The maximum absolute atomic E-state index is 12.3. The van der Waals surface area contributed by atoms with Crippen molar-refractivity contribution in [3.8, 4) is 0 Å². The Kier molecular flexibility index (Phi) is 9.81. The summed E-state index contributed by atoms with van der Waals surface area (Å²) in [5.41, 5.74) is 2.66. The first kappa shape index (κ1) is 24.5. The van der Waals surface area contributed by atoms with E-state index in [1.165, 1.54) is 43.5 Å². The largest absolute Gasteiger partial charge is 0.356 e. The molecule has 2 aliphatic rings. The van der Waals surface area contributed by atoms with Crippen LogP contribution in [0.1, 0.15) is 49.7 Å². The molecule has 0 aromatic heterocycles. The minimum absolute atomic E-state index is 0.0559. The third-order valence-corrected chi connectivity index (χ3v) is 6.57. The second-order valence-corrected chi connectivity index (χ2v) is 9.29. The lowest BCUT2D eigenvalue weighted by molar-refractivity contribution is -0.133. The normalized spacial score (nSPS) is 20.3. The van der Waals surface area contributed by atoms with Crippen molar-refractivity contribution < 1.29 is 4.79 Å². The van der Waals surface area contributed by atoms with Gasteiger partial charge in [-0.3, -0.25) is 19.6 Å². The summed E-state index contributed by atoms with van der Waals surface area (Å²) in [5, 5.41) is 6.82. The van der Waals surface area contributed by atoms with Crippen LogP contribution in [0.2, 0.25) is 0 Å². The molecule has 1 unspecified atom stereocenters. The lowest BCUT2D eigenvalue weighted by atomic mass is 10.1. The molecule has 0 spiro atoms. The number of carbonyl (C=O) groups excluding carboxylic acids is 1. The second kappa shape index (κ2) is 12.8. The number of amides is 1. The maximum Gasteiger partial charge on any atom is 0.239 e. The highest BCUT2D eigenvalue weighted by atomic mass is 16.2. The summed E-state index contributed by atoms with van der Waals surface area (Å²) in [7, 11) is 5.50. The van der Waals surface area contributed by atoms with Crippen LogP contribution < -0.4 is 10.6 Å². The first-order chi connectivity index (χ1) is 15.6. The van der Waals surface area contributed by atoms with Gasteiger partial charge >= 0.3 is 0 Å². The number of rotatable bonds is 9. The minimum Gasteiger partial charge on any atom is -0.356 e. The van der Waals surface area contributed by atoms with Gasteiger partial charge in [-0.15, -0.1) is 0 Å². The molecule has 3 rings (SSSR count). The van der Waals surface area contributed by atoms with Crippen molar-refractivity contribution in [1.82, 2.24) is 25.3 Å². The molecule has 2 fully saturated rings. The highest BCUT2D eigenvalue weighted by Gasteiger charge is 2.30. The van der Waals surface area contributed by atoms with E-state index in [0.29, 0.717) is 0 Å². The lowest BCUT2D eigenvalue weighted by Gasteiger charge is -2.26. The highest BCUT2D eigenvalue weighted by Crippen LogP contribution is 2.18. The topological polar surface area (TPSA) is 63.2 Å². The average Bonchev–Trinajstić information content (AvgIpc) is 3.28. The molecule has 178 valence electrons. The zero-order chi connectivity index (χ0) is 22.8. The van der Waals surface area contributed by atoms with Crippen LogP contribution in [0.25, 0.3) is 0 Å². The highest BCUT2D eigenvalue weighted by molar-refractivity contribution is 5.81. The van der Waals surface area contributed by atoms with E-state index in [4.69, 9.17) is 0 Å². The van der Waals surface area contributed by atoms with Gasteiger partial charge in [0.05, 0.1) is 6.04 Å². The molecule has 1 amide bonds. The van der Waals surface area contributed by atoms with Crippen LogP contribution in [0.5, 0.6) is 0 Å². The Morgan fingerprint density at radius 2 is 1.75 bits per heavy atom. The van der Waals surface area contributed by atoms with Crippen LogP contribution in [-0.4, -0.2) is 86.5 Å². The Morgan fingerprint density at radius 3 is 2.44 bits per heavy atom. The number of benzene rings is 1. The number of nitrogens with zero attached hydrogens (tertiary/aromatic N) is 4. The molecule has 1 aromatic carbocycles. The fourth-order valence-corrected chi connectivity index (χ4v) is 4.71. The van der Waals surface area contributed by atoms with Crippen molar-refractivity contribution in [3.05, 3.63) is 35.4 Å². The molecule has 2 N–H and O–H groups in total. The molecular weight excluding hydrogens is 400 g/mol. The third-order valence-electron chi connectivity index (χ3n) is 6.57. The first-order valence-electron chi connectivity index (χ1n) is 12.3. The van der Waals surface area contributed by atoms with E-state index in [1.54, 1.807) is 4.90 Å². The van der Waals surface area contributed by atoms with Crippen LogP contribution in [0.3, 0.4) is 0 Å². The van der Waals surface area contributed by atoms with Crippen molar-refractivity contribution in [2.24, 2.45) is 4.99 Å². The Bertz CT molecular complexity index is 726. The quantitative estimate of drug-likeness (QED) is 0.349. The van der Waals surface area contributed by atoms with Crippen molar-refractivity contribution in [2.75, 3.05) is 53.9 Å². The number of guanidine groups is 1. The van der Waals surface area contributed by atoms with E-state index in [1.807, 2.05) is 21.1 Å². The Morgan fingerprint density at radius 1 is 1.03 bits per heavy atom. The molecule has 0 bridgehead atoms. The maximum atomic E-state index is 12.3. The molecule has 7 heteroatoms. The summed E-state index contributed by atoms with van der Waals surface area (Å²) in [4.78, 5) is 23.3. The summed E-state index contributed by atoms with van der Waals surface area (Å²) in [6, 6.07) is 9.00. The summed E-state index contributed by atoms with van der Waals surface area (Å²) in [5.74, 6) is 1.06. The molecule has 0 radical (unpaired) electrons. The summed E-state index contributed by atoms with van der Waals surface area (Å²) in [6.45, 7) is 7.08. The Labute approximate surface area is 194 Å². The summed E-state index contributed by atoms with van der Waals surface area (Å²) >= 11 is 0. The molecule has 2 aliphatic heterocycles. The van der Waals surface area contributed by atoms with Crippen LogP contribution in [0.15, 0.2) is 29.3 Å². The van der Waals surface area contributed by atoms with Crippen LogP contribution in [-0.2, 0) is 17.9 Å². The van der Waals surface area contributed by atoms with Gasteiger partial charge in [-0.1, -0.05) is 30.7 Å². The molecule has 0 aliphatic carbocycles. The zero-order valence-electron chi connectivity index (χ0n) is 20.3. The number of piperidine rings is 1. The molecule has 2 heterocycles. The van der Waals surface area contributed by atoms with Gasteiger partial charge in [0, 0.05) is 47.3 Å². The molecule has 7 nitrogen and oxygen atoms in total. The molecule has 0 saturated carbocycles. The van der Waals surface area contributed by atoms with E-state index in [2.05, 4.69) is 49.7 Å². The predicted molar refractivity (Wildman–Crippen MR) is 132 cm³/mol. The standard InChI is InChI=1S/C25H42N6O/c1-26-25(27-14-8-18-31-17-7-9-23(31)24(32)29(2)3)28-19-21-10-12-22(13-11-21)20-30-15-5-4-6-16-30/h10-13,23H,4-9,14-20H2,1-3H3,(H2,26,27,28). The number of hydrogen-bond acceptors (Lipinski definition) is 4. The molecule has 1 aromatic rings. The van der Waals surface area contributed by atoms with Crippen LogP contribution >= 0.6 is 0 Å². The zero-order valence-corrected chi connectivity index (χ0v) is 20.3. The van der Waals surface area contributed by atoms with Gasteiger partial charge in [0.25, 0.3) is 0 Å². The smallest absolute Gasteiger partial charge is 0.239 e. The fraction of sp³-hybridized carbons (Fsp3) is 0.680. The predicted octanol–water partition coefficient (Wildman–Crippen LogP) is 2.28. The number of likely N-dealkylation sites (tertiary alicyclic amines) is 2. The van der Waals surface area contributed by atoms with Gasteiger partial charge in [0.15, 0.2) is 5.96 Å². The van der Waals surface area contributed by atoms with Gasteiger partial charge in [-0.2, -0.15) is 0 Å². The van der Waals surface area contributed by atoms with E-state index in [-0.39, 0.29) is 11.9 Å². The number of aliphatic imine (C=N–C) groups is 1. The minimum atomic E-state index is 0.0559. The fourth-order valence-electron chi connectivity index (χ4n) is 4.71. The average molecular weight is 443 g/mol. The van der Waals surface area contributed by atoms with Gasteiger partial charge in [0.1, 0.15) is 0 Å². The Balaban J connectivity index is 1.34. The molecule has 2 saturated heterocycles. The van der Waals surface area contributed by atoms with Crippen LogP contribution in [0.4, 0.5) is 0 Å².